The molecule has 1 aliphatic rings. The first kappa shape index (κ1) is 18.5. The van der Waals surface area contributed by atoms with Gasteiger partial charge >= 0.3 is 6.03 Å². The Morgan fingerprint density at radius 1 is 1.11 bits per heavy atom. The third kappa shape index (κ3) is 4.09. The Labute approximate surface area is 158 Å². The van der Waals surface area contributed by atoms with Crippen LogP contribution in [0.4, 0.5) is 10.5 Å². The molecule has 0 aliphatic carbocycles. The van der Waals surface area contributed by atoms with E-state index in [1.54, 1.807) is 36.1 Å². The van der Waals surface area contributed by atoms with Crippen LogP contribution in [-0.2, 0) is 13.1 Å². The number of rotatable bonds is 4. The van der Waals surface area contributed by atoms with Gasteiger partial charge < -0.3 is 15.5 Å². The molecule has 6 nitrogen and oxygen atoms in total. The predicted molar refractivity (Wildman–Crippen MR) is 103 cm³/mol. The molecule has 1 atom stereocenters. The molecule has 2 aromatic rings. The summed E-state index contributed by atoms with van der Waals surface area (Å²) < 4.78 is 0. The van der Waals surface area contributed by atoms with Crippen molar-refractivity contribution in [1.29, 1.82) is 5.26 Å². The van der Waals surface area contributed by atoms with Gasteiger partial charge in [-0.05, 0) is 48.7 Å². The van der Waals surface area contributed by atoms with Gasteiger partial charge in [0.2, 0.25) is 0 Å². The highest BCUT2D eigenvalue weighted by Gasteiger charge is 2.25. The van der Waals surface area contributed by atoms with E-state index in [0.717, 1.165) is 11.1 Å². The predicted octanol–water partition coefficient (Wildman–Crippen LogP) is 3.66. The van der Waals surface area contributed by atoms with Crippen LogP contribution in [0.1, 0.15) is 41.8 Å². The van der Waals surface area contributed by atoms with E-state index in [1.165, 1.54) is 0 Å². The number of carbonyl (C=O) groups excluding carboxylic acids is 2. The Balaban J connectivity index is 1.61. The smallest absolute Gasteiger partial charge is 0.322 e. The molecular formula is C21H22N4O2. The Kier molecular flexibility index (Phi) is 5.13. The monoisotopic (exact) mass is 362 g/mol. The molecule has 0 fully saturated rings. The zero-order valence-electron chi connectivity index (χ0n) is 15.5. The molecule has 3 rings (SSSR count). The normalized spacial score (nSPS) is 14.6. The number of nitrogens with zero attached hydrogens (tertiary/aromatic N) is 2. The molecular weight excluding hydrogens is 340 g/mol. The van der Waals surface area contributed by atoms with E-state index in [-0.39, 0.29) is 11.9 Å². The van der Waals surface area contributed by atoms with E-state index in [2.05, 4.69) is 16.7 Å². The number of anilines is 1. The highest BCUT2D eigenvalue weighted by Crippen LogP contribution is 2.23. The van der Waals surface area contributed by atoms with Crippen molar-refractivity contribution in [2.75, 3.05) is 5.32 Å². The molecule has 0 aromatic heterocycles. The Hall–Kier alpha value is -3.33. The standard InChI is InChI=1S/C21H22N4O2/c1-3-21(2,14-22)24-19(26)15-8-10-18(11-9-15)23-20(27)25-12-16-6-4-5-7-17(16)13-25/h4-11H,3,12-13H2,1-2H3,(H,23,27)(H,24,26)/t21-/m1/s1. The van der Waals surface area contributed by atoms with Crippen molar-refractivity contribution in [3.05, 3.63) is 65.2 Å². The van der Waals surface area contributed by atoms with Crippen molar-refractivity contribution in [3.8, 4) is 6.07 Å². The van der Waals surface area contributed by atoms with Gasteiger partial charge in [-0.15, -0.1) is 0 Å². The average Bonchev–Trinajstić information content (AvgIpc) is 3.13. The number of fused-ring (bicyclic) bond motifs is 1. The Morgan fingerprint density at radius 2 is 1.70 bits per heavy atom. The van der Waals surface area contributed by atoms with Crippen LogP contribution in [0.15, 0.2) is 48.5 Å². The van der Waals surface area contributed by atoms with Crippen LogP contribution in [0.3, 0.4) is 0 Å². The maximum absolute atomic E-state index is 12.5. The number of amides is 3. The van der Waals surface area contributed by atoms with E-state index < -0.39 is 5.54 Å². The van der Waals surface area contributed by atoms with Gasteiger partial charge in [-0.2, -0.15) is 5.26 Å². The number of nitriles is 1. The van der Waals surface area contributed by atoms with Crippen LogP contribution < -0.4 is 10.6 Å². The number of hydrogen-bond donors (Lipinski definition) is 2. The summed E-state index contributed by atoms with van der Waals surface area (Å²) in [5.41, 5.74) is 2.49. The molecule has 0 radical (unpaired) electrons. The summed E-state index contributed by atoms with van der Waals surface area (Å²) in [7, 11) is 0. The summed E-state index contributed by atoms with van der Waals surface area (Å²) in [4.78, 5) is 26.5. The summed E-state index contributed by atoms with van der Waals surface area (Å²) in [6.45, 7) is 4.71. The molecule has 6 heteroatoms. The lowest BCUT2D eigenvalue weighted by Gasteiger charge is -2.21. The van der Waals surface area contributed by atoms with Crippen molar-refractivity contribution in [1.82, 2.24) is 10.2 Å². The van der Waals surface area contributed by atoms with E-state index in [0.29, 0.717) is 30.8 Å². The zero-order valence-corrected chi connectivity index (χ0v) is 15.5. The first-order valence-electron chi connectivity index (χ1n) is 8.90. The minimum Gasteiger partial charge on any atom is -0.334 e. The second-order valence-corrected chi connectivity index (χ2v) is 6.88. The van der Waals surface area contributed by atoms with Crippen LogP contribution in [0.25, 0.3) is 0 Å². The van der Waals surface area contributed by atoms with Crippen LogP contribution in [0.5, 0.6) is 0 Å². The minimum atomic E-state index is -0.894. The largest absolute Gasteiger partial charge is 0.334 e. The number of benzene rings is 2. The Morgan fingerprint density at radius 3 is 2.22 bits per heavy atom. The van der Waals surface area contributed by atoms with Crippen LogP contribution in [0.2, 0.25) is 0 Å². The van der Waals surface area contributed by atoms with Crippen LogP contribution in [0, 0.1) is 11.3 Å². The van der Waals surface area contributed by atoms with Gasteiger partial charge in [0.05, 0.1) is 6.07 Å². The van der Waals surface area contributed by atoms with Gasteiger partial charge in [-0.25, -0.2) is 4.79 Å². The van der Waals surface area contributed by atoms with Crippen molar-refractivity contribution in [2.24, 2.45) is 0 Å². The maximum Gasteiger partial charge on any atom is 0.322 e. The molecule has 27 heavy (non-hydrogen) atoms. The number of carbonyl (C=O) groups is 2. The third-order valence-electron chi connectivity index (χ3n) is 4.87. The molecule has 0 bridgehead atoms. The molecule has 0 saturated carbocycles. The molecule has 138 valence electrons. The zero-order chi connectivity index (χ0) is 19.4. The molecule has 0 saturated heterocycles. The van der Waals surface area contributed by atoms with Crippen LogP contribution >= 0.6 is 0 Å². The van der Waals surface area contributed by atoms with Crippen molar-refractivity contribution in [2.45, 2.75) is 38.9 Å². The van der Waals surface area contributed by atoms with Crippen molar-refractivity contribution < 1.29 is 9.59 Å². The molecule has 0 spiro atoms. The SMILES string of the molecule is CC[C@](C)(C#N)NC(=O)c1ccc(NC(=O)N2Cc3ccccc3C2)cc1. The molecule has 0 unspecified atom stereocenters. The van der Waals surface area contributed by atoms with Crippen molar-refractivity contribution in [3.63, 3.8) is 0 Å². The van der Waals surface area contributed by atoms with Crippen LogP contribution in [-0.4, -0.2) is 22.4 Å². The van der Waals surface area contributed by atoms with Crippen molar-refractivity contribution >= 4 is 17.6 Å². The van der Waals surface area contributed by atoms with E-state index in [4.69, 9.17) is 0 Å². The fraction of sp³-hybridized carbons (Fsp3) is 0.286. The topological polar surface area (TPSA) is 85.2 Å². The molecule has 2 aromatic carbocycles. The highest BCUT2D eigenvalue weighted by atomic mass is 16.2. The minimum absolute atomic E-state index is 0.175. The second kappa shape index (κ2) is 7.50. The lowest BCUT2D eigenvalue weighted by molar-refractivity contribution is 0.0923. The Bertz CT molecular complexity index is 876. The molecule has 3 amide bonds. The van der Waals surface area contributed by atoms with Gasteiger partial charge in [0.15, 0.2) is 0 Å². The van der Waals surface area contributed by atoms with E-state index in [9.17, 15) is 14.9 Å². The van der Waals surface area contributed by atoms with Gasteiger partial charge in [-0.1, -0.05) is 31.2 Å². The highest BCUT2D eigenvalue weighted by molar-refractivity contribution is 5.96. The quantitative estimate of drug-likeness (QED) is 0.870. The molecule has 1 heterocycles. The summed E-state index contributed by atoms with van der Waals surface area (Å²) >= 11 is 0. The lowest BCUT2D eigenvalue weighted by Crippen LogP contribution is -2.44. The summed E-state index contributed by atoms with van der Waals surface area (Å²) in [5.74, 6) is -0.311. The fourth-order valence-corrected chi connectivity index (χ4v) is 2.90. The van der Waals surface area contributed by atoms with Gasteiger partial charge in [0.25, 0.3) is 5.91 Å². The van der Waals surface area contributed by atoms with Gasteiger partial charge in [-0.3, -0.25) is 4.79 Å². The van der Waals surface area contributed by atoms with Gasteiger partial charge in [0, 0.05) is 24.3 Å². The summed E-state index contributed by atoms with van der Waals surface area (Å²) in [6.07, 6.45) is 0.515. The van der Waals surface area contributed by atoms with E-state index >= 15 is 0 Å². The van der Waals surface area contributed by atoms with E-state index in [1.807, 2.05) is 31.2 Å². The first-order chi connectivity index (χ1) is 12.9. The van der Waals surface area contributed by atoms with Gasteiger partial charge in [0.1, 0.15) is 5.54 Å². The third-order valence-corrected chi connectivity index (χ3v) is 4.87. The number of hydrogen-bond acceptors (Lipinski definition) is 3. The summed E-state index contributed by atoms with van der Waals surface area (Å²) in [5, 5.41) is 14.8. The fourth-order valence-electron chi connectivity index (χ4n) is 2.90. The lowest BCUT2D eigenvalue weighted by atomic mass is 10.0. The maximum atomic E-state index is 12.5. The number of nitrogens with one attached hydrogen (secondary N) is 2. The summed E-state index contributed by atoms with van der Waals surface area (Å²) in [6, 6.07) is 16.6. The second-order valence-electron chi connectivity index (χ2n) is 6.88. The number of urea groups is 1. The first-order valence-corrected chi connectivity index (χ1v) is 8.90. The molecule has 2 N–H and O–H groups in total. The molecule has 1 aliphatic heterocycles. The average molecular weight is 362 g/mol.